The van der Waals surface area contributed by atoms with Crippen LogP contribution in [-0.4, -0.2) is 75.4 Å². The Balaban J connectivity index is 0.00000420. The number of nitrogens with zero attached hydrogens (tertiary/aromatic N) is 4. The highest BCUT2D eigenvalue weighted by Crippen LogP contribution is 2.35. The van der Waals surface area contributed by atoms with Crippen molar-refractivity contribution in [3.8, 4) is 5.75 Å². The highest BCUT2D eigenvalue weighted by molar-refractivity contribution is 7.89. The van der Waals surface area contributed by atoms with Crippen LogP contribution >= 0.6 is 23.7 Å². The Kier molecular flexibility index (Phi) is 10.8. The molecule has 1 amide bonds. The molecular weight excluding hydrogens is 556 g/mol. The molecule has 1 aliphatic heterocycles. The molecule has 1 saturated heterocycles. The van der Waals surface area contributed by atoms with Crippen molar-refractivity contribution in [1.82, 2.24) is 14.2 Å². The second kappa shape index (κ2) is 13.4. The molecule has 2 aromatic carbocycles. The van der Waals surface area contributed by atoms with Gasteiger partial charge in [0.1, 0.15) is 11.3 Å². The minimum atomic E-state index is -3.62. The van der Waals surface area contributed by atoms with E-state index in [1.165, 1.54) is 11.3 Å². The van der Waals surface area contributed by atoms with Crippen molar-refractivity contribution < 1.29 is 17.9 Å². The van der Waals surface area contributed by atoms with Crippen LogP contribution in [0, 0.1) is 11.8 Å². The second-order valence-electron chi connectivity index (χ2n) is 10.4. The Bertz CT molecular complexity index is 1350. The lowest BCUT2D eigenvalue weighted by Crippen LogP contribution is -2.42. The zero-order chi connectivity index (χ0) is 27.4. The van der Waals surface area contributed by atoms with Gasteiger partial charge in [-0.3, -0.25) is 9.69 Å². The number of hydrogen-bond acceptors (Lipinski definition) is 7. The summed E-state index contributed by atoms with van der Waals surface area (Å²) in [5.74, 6) is 1.14. The largest absolute Gasteiger partial charge is 0.492 e. The minimum absolute atomic E-state index is 0. The van der Waals surface area contributed by atoms with E-state index in [4.69, 9.17) is 9.72 Å². The first-order valence-electron chi connectivity index (χ1n) is 13.2. The molecule has 39 heavy (non-hydrogen) atoms. The van der Waals surface area contributed by atoms with Crippen molar-refractivity contribution in [3.63, 3.8) is 0 Å². The number of anilines is 1. The molecule has 0 aliphatic carbocycles. The number of piperidine rings is 1. The van der Waals surface area contributed by atoms with Crippen molar-refractivity contribution in [1.29, 1.82) is 0 Å². The van der Waals surface area contributed by atoms with Gasteiger partial charge in [-0.05, 0) is 88.6 Å². The summed E-state index contributed by atoms with van der Waals surface area (Å²) < 4.78 is 34.9. The summed E-state index contributed by atoms with van der Waals surface area (Å²) in [4.78, 5) is 22.5. The zero-order valence-corrected chi connectivity index (χ0v) is 25.7. The fraction of sp³-hybridized carbons (Fsp3) is 0.500. The van der Waals surface area contributed by atoms with E-state index in [0.717, 1.165) is 29.6 Å². The number of amides is 1. The topological polar surface area (TPSA) is 83.0 Å². The normalized spacial score (nSPS) is 18.2. The standard InChI is InChI=1S/C28H38N4O4S2.ClH/c1-6-36-24-9-7-10-25-26(24)29-28(37-25)32(16-8-15-30(4)5)27(33)22-11-13-23(14-12-22)38(34,35)31-18-20(2)17-21(3)19-31;/h7,9-14,20-21H,6,8,15-19H2,1-5H3;1H. The molecule has 0 saturated carbocycles. The van der Waals surface area contributed by atoms with E-state index in [1.54, 1.807) is 33.5 Å². The number of para-hydroxylation sites is 1. The molecule has 1 fully saturated rings. The van der Waals surface area contributed by atoms with Crippen molar-refractivity contribution in [2.24, 2.45) is 11.8 Å². The third kappa shape index (κ3) is 7.29. The summed E-state index contributed by atoms with van der Waals surface area (Å²) in [6, 6.07) is 12.1. The van der Waals surface area contributed by atoms with Gasteiger partial charge in [-0.15, -0.1) is 12.4 Å². The molecule has 0 radical (unpaired) electrons. The minimum Gasteiger partial charge on any atom is -0.492 e. The van der Waals surface area contributed by atoms with Crippen LogP contribution < -0.4 is 9.64 Å². The Morgan fingerprint density at radius 2 is 1.74 bits per heavy atom. The maximum atomic E-state index is 13.7. The summed E-state index contributed by atoms with van der Waals surface area (Å²) in [7, 11) is 0.387. The van der Waals surface area contributed by atoms with Crippen LogP contribution in [0.2, 0.25) is 0 Å². The number of thiazole rings is 1. The van der Waals surface area contributed by atoms with E-state index in [0.29, 0.717) is 54.5 Å². The van der Waals surface area contributed by atoms with Gasteiger partial charge in [0.2, 0.25) is 10.0 Å². The molecule has 2 heterocycles. The van der Waals surface area contributed by atoms with E-state index in [-0.39, 0.29) is 23.2 Å². The van der Waals surface area contributed by atoms with Gasteiger partial charge in [0, 0.05) is 25.2 Å². The number of benzene rings is 2. The predicted molar refractivity (Wildman–Crippen MR) is 161 cm³/mol. The Morgan fingerprint density at radius 3 is 2.36 bits per heavy atom. The molecule has 8 nitrogen and oxygen atoms in total. The van der Waals surface area contributed by atoms with Crippen molar-refractivity contribution in [3.05, 3.63) is 48.0 Å². The maximum absolute atomic E-state index is 13.7. The number of hydrogen-bond donors (Lipinski definition) is 0. The smallest absolute Gasteiger partial charge is 0.260 e. The van der Waals surface area contributed by atoms with Gasteiger partial charge in [-0.25, -0.2) is 13.4 Å². The quantitative estimate of drug-likeness (QED) is 0.313. The zero-order valence-electron chi connectivity index (χ0n) is 23.3. The lowest BCUT2D eigenvalue weighted by molar-refractivity contribution is 0.0986. The fourth-order valence-electron chi connectivity index (χ4n) is 5.00. The molecule has 2 atom stereocenters. The summed E-state index contributed by atoms with van der Waals surface area (Å²) in [5, 5.41) is 0.601. The fourth-order valence-corrected chi connectivity index (χ4v) is 7.69. The molecule has 11 heteroatoms. The maximum Gasteiger partial charge on any atom is 0.260 e. The molecular formula is C28H39ClN4O4S2. The van der Waals surface area contributed by atoms with E-state index < -0.39 is 10.0 Å². The molecule has 1 aromatic heterocycles. The van der Waals surface area contributed by atoms with E-state index >= 15 is 0 Å². The lowest BCUT2D eigenvalue weighted by atomic mass is 9.94. The molecule has 1 aliphatic rings. The van der Waals surface area contributed by atoms with Crippen LogP contribution in [0.5, 0.6) is 5.75 Å². The number of halogens is 1. The van der Waals surface area contributed by atoms with Gasteiger partial charge in [0.25, 0.3) is 5.91 Å². The summed E-state index contributed by atoms with van der Waals surface area (Å²) in [6.45, 7) is 8.99. The third-order valence-electron chi connectivity index (χ3n) is 6.71. The highest BCUT2D eigenvalue weighted by atomic mass is 35.5. The number of sulfonamides is 1. The first-order chi connectivity index (χ1) is 18.1. The van der Waals surface area contributed by atoms with Gasteiger partial charge in [0.05, 0.1) is 16.2 Å². The average Bonchev–Trinajstić information content (AvgIpc) is 3.31. The molecule has 214 valence electrons. The van der Waals surface area contributed by atoms with E-state index in [2.05, 4.69) is 18.7 Å². The van der Waals surface area contributed by atoms with Crippen LogP contribution in [0.15, 0.2) is 47.4 Å². The van der Waals surface area contributed by atoms with Crippen LogP contribution in [-0.2, 0) is 10.0 Å². The molecule has 4 rings (SSSR count). The van der Waals surface area contributed by atoms with Crippen LogP contribution in [0.3, 0.4) is 0 Å². The summed E-state index contributed by atoms with van der Waals surface area (Å²) in [6.07, 6.45) is 1.80. The third-order valence-corrected chi connectivity index (χ3v) is 9.60. The van der Waals surface area contributed by atoms with Crippen LogP contribution in [0.4, 0.5) is 5.13 Å². The van der Waals surface area contributed by atoms with Crippen molar-refractivity contribution in [2.75, 3.05) is 51.8 Å². The lowest BCUT2D eigenvalue weighted by Gasteiger charge is -2.34. The van der Waals surface area contributed by atoms with Gasteiger partial charge in [-0.2, -0.15) is 4.31 Å². The summed E-state index contributed by atoms with van der Waals surface area (Å²) >= 11 is 1.45. The second-order valence-corrected chi connectivity index (χ2v) is 13.4. The Hall–Kier alpha value is -2.24. The van der Waals surface area contributed by atoms with Crippen LogP contribution in [0.25, 0.3) is 10.2 Å². The monoisotopic (exact) mass is 594 g/mol. The van der Waals surface area contributed by atoms with E-state index in [1.807, 2.05) is 39.2 Å². The molecule has 2 unspecified atom stereocenters. The number of fused-ring (bicyclic) bond motifs is 1. The van der Waals surface area contributed by atoms with Gasteiger partial charge in [-0.1, -0.05) is 31.3 Å². The highest BCUT2D eigenvalue weighted by Gasteiger charge is 2.32. The molecule has 0 bridgehead atoms. The van der Waals surface area contributed by atoms with Gasteiger partial charge >= 0.3 is 0 Å². The van der Waals surface area contributed by atoms with Gasteiger partial charge in [0.15, 0.2) is 5.13 Å². The number of rotatable bonds is 10. The number of carbonyl (C=O) groups excluding carboxylic acids is 1. The Labute approximate surface area is 242 Å². The van der Waals surface area contributed by atoms with Crippen molar-refractivity contribution >= 4 is 55.0 Å². The number of ether oxygens (including phenoxy) is 1. The number of carbonyl (C=O) groups is 1. The van der Waals surface area contributed by atoms with Crippen molar-refractivity contribution in [2.45, 2.75) is 38.5 Å². The average molecular weight is 595 g/mol. The van der Waals surface area contributed by atoms with E-state index in [9.17, 15) is 13.2 Å². The summed E-state index contributed by atoms with van der Waals surface area (Å²) in [5.41, 5.74) is 1.17. The van der Waals surface area contributed by atoms with Crippen LogP contribution in [0.1, 0.15) is 44.0 Å². The SMILES string of the molecule is CCOc1cccc2sc(N(CCCN(C)C)C(=O)c3ccc(S(=O)(=O)N4CC(C)CC(C)C4)cc3)nc12.Cl. The van der Waals surface area contributed by atoms with Gasteiger partial charge < -0.3 is 9.64 Å². The predicted octanol–water partition coefficient (Wildman–Crippen LogP) is 5.38. The first-order valence-corrected chi connectivity index (χ1v) is 15.4. The molecule has 0 N–H and O–H groups in total. The first kappa shape index (κ1) is 31.3. The molecule has 3 aromatic rings. The Morgan fingerprint density at radius 1 is 1.08 bits per heavy atom. The number of aromatic nitrogens is 1. The molecule has 0 spiro atoms.